The summed E-state index contributed by atoms with van der Waals surface area (Å²) in [5.74, 6) is 0.442. The molecule has 1 fully saturated rings. The van der Waals surface area contributed by atoms with Gasteiger partial charge in [0, 0.05) is 0 Å². The van der Waals surface area contributed by atoms with Gasteiger partial charge in [-0.05, 0) is 43.0 Å². The molecule has 0 aliphatic heterocycles. The van der Waals surface area contributed by atoms with Gasteiger partial charge in [0.25, 0.3) is 0 Å². The van der Waals surface area contributed by atoms with Crippen molar-refractivity contribution in [2.45, 2.75) is 69.2 Å². The number of hydrogen-bond donors (Lipinski definition) is 1. The quantitative estimate of drug-likeness (QED) is 0.481. The van der Waals surface area contributed by atoms with Gasteiger partial charge in [-0.15, -0.1) is 0 Å². The van der Waals surface area contributed by atoms with E-state index in [-0.39, 0.29) is 4.90 Å². The molecule has 0 saturated heterocycles. The van der Waals surface area contributed by atoms with Crippen LogP contribution in [0.2, 0.25) is 0 Å². The van der Waals surface area contributed by atoms with Crippen molar-refractivity contribution in [2.24, 2.45) is 5.92 Å². The van der Waals surface area contributed by atoms with E-state index in [1.165, 1.54) is 25.7 Å². The lowest BCUT2D eigenvalue weighted by Gasteiger charge is -2.25. The number of hydrogen-bond acceptors (Lipinski definition) is 5. The lowest BCUT2D eigenvalue weighted by molar-refractivity contribution is -0.143. The second kappa shape index (κ2) is 10.7. The van der Waals surface area contributed by atoms with Gasteiger partial charge in [0.2, 0.25) is 10.0 Å². The molecule has 0 spiro atoms. The minimum atomic E-state index is -3.81. The van der Waals surface area contributed by atoms with E-state index in [2.05, 4.69) is 11.6 Å². The van der Waals surface area contributed by atoms with Crippen molar-refractivity contribution in [3.05, 3.63) is 24.3 Å². The summed E-state index contributed by atoms with van der Waals surface area (Å²) < 4.78 is 38.4. The maximum absolute atomic E-state index is 12.7. The molecule has 1 saturated carbocycles. The van der Waals surface area contributed by atoms with Gasteiger partial charge in [0.1, 0.15) is 11.8 Å². The zero-order chi connectivity index (χ0) is 19.7. The molecule has 1 aromatic rings. The first-order valence-electron chi connectivity index (χ1n) is 9.79. The van der Waals surface area contributed by atoms with Crippen LogP contribution >= 0.6 is 0 Å². The van der Waals surface area contributed by atoms with Crippen LogP contribution in [0.15, 0.2) is 29.2 Å². The number of methoxy groups -OCH3 is 1. The van der Waals surface area contributed by atoms with Gasteiger partial charge in [-0.2, -0.15) is 4.72 Å². The highest BCUT2D eigenvalue weighted by Gasteiger charge is 2.29. The number of esters is 1. The number of carbonyl (C=O) groups excluding carboxylic acids is 1. The molecule has 0 aromatic heterocycles. The summed E-state index contributed by atoms with van der Waals surface area (Å²) in [4.78, 5) is 12.2. The summed E-state index contributed by atoms with van der Waals surface area (Å²) in [5.41, 5.74) is 0. The maximum Gasteiger partial charge on any atom is 0.323 e. The topological polar surface area (TPSA) is 81.7 Å². The maximum atomic E-state index is 12.7. The molecule has 1 aliphatic carbocycles. The van der Waals surface area contributed by atoms with Crippen molar-refractivity contribution in [3.63, 3.8) is 0 Å². The van der Waals surface area contributed by atoms with Gasteiger partial charge in [0.05, 0.1) is 18.6 Å². The number of ether oxygens (including phenoxy) is 2. The molecular formula is C20H31NO5S. The Hall–Kier alpha value is -1.60. The second-order valence-electron chi connectivity index (χ2n) is 7.11. The molecule has 2 rings (SSSR count). The van der Waals surface area contributed by atoms with E-state index < -0.39 is 22.0 Å². The minimum Gasteiger partial charge on any atom is -0.494 e. The highest BCUT2D eigenvalue weighted by Crippen LogP contribution is 2.28. The van der Waals surface area contributed by atoms with E-state index in [1.54, 1.807) is 12.1 Å². The molecule has 1 atom stereocenters. The molecule has 7 heteroatoms. The average molecular weight is 398 g/mol. The minimum absolute atomic E-state index is 0.114. The van der Waals surface area contributed by atoms with E-state index in [0.29, 0.717) is 24.7 Å². The lowest BCUT2D eigenvalue weighted by Crippen LogP contribution is -2.42. The van der Waals surface area contributed by atoms with Crippen molar-refractivity contribution in [3.8, 4) is 5.75 Å². The zero-order valence-corrected chi connectivity index (χ0v) is 17.1. The molecule has 0 heterocycles. The lowest BCUT2D eigenvalue weighted by atomic mass is 9.85. The van der Waals surface area contributed by atoms with Crippen LogP contribution in [-0.4, -0.2) is 34.1 Å². The van der Waals surface area contributed by atoms with Gasteiger partial charge in [-0.3, -0.25) is 4.79 Å². The molecule has 1 aliphatic rings. The first-order valence-corrected chi connectivity index (χ1v) is 11.3. The number of sulfonamides is 1. The van der Waals surface area contributed by atoms with Crippen LogP contribution in [0.5, 0.6) is 5.75 Å². The Bertz CT molecular complexity index is 681. The third kappa shape index (κ3) is 6.81. The number of benzene rings is 1. The van der Waals surface area contributed by atoms with Gasteiger partial charge in [-0.25, -0.2) is 8.42 Å². The fraction of sp³-hybridized carbons (Fsp3) is 0.650. The van der Waals surface area contributed by atoms with Crippen LogP contribution < -0.4 is 9.46 Å². The molecule has 0 bridgehead atoms. The highest BCUT2D eigenvalue weighted by molar-refractivity contribution is 7.89. The molecule has 1 unspecified atom stereocenters. The van der Waals surface area contributed by atoms with Gasteiger partial charge >= 0.3 is 5.97 Å². The number of carbonyl (C=O) groups is 1. The predicted octanol–water partition coefficient (Wildman–Crippen LogP) is 3.66. The van der Waals surface area contributed by atoms with Gasteiger partial charge < -0.3 is 9.47 Å². The smallest absolute Gasteiger partial charge is 0.323 e. The third-order valence-electron chi connectivity index (χ3n) is 4.98. The Morgan fingerprint density at radius 3 is 2.44 bits per heavy atom. The number of rotatable bonds is 10. The van der Waals surface area contributed by atoms with E-state index in [4.69, 9.17) is 9.47 Å². The normalized spacial score (nSPS) is 16.7. The first-order chi connectivity index (χ1) is 13.0. The Morgan fingerprint density at radius 2 is 1.85 bits per heavy atom. The first kappa shape index (κ1) is 21.7. The van der Waals surface area contributed by atoms with Crippen LogP contribution in [0, 0.1) is 5.92 Å². The molecule has 152 valence electrons. The van der Waals surface area contributed by atoms with Crippen LogP contribution in [0.1, 0.15) is 58.3 Å². The van der Waals surface area contributed by atoms with Gasteiger partial charge in [0.15, 0.2) is 0 Å². The van der Waals surface area contributed by atoms with Gasteiger partial charge in [-0.1, -0.05) is 45.4 Å². The Kier molecular flexibility index (Phi) is 8.57. The van der Waals surface area contributed by atoms with Crippen LogP contribution in [-0.2, 0) is 19.6 Å². The Balaban J connectivity index is 2.04. The highest BCUT2D eigenvalue weighted by atomic mass is 32.2. The Morgan fingerprint density at radius 1 is 1.19 bits per heavy atom. The fourth-order valence-electron chi connectivity index (χ4n) is 3.40. The third-order valence-corrected chi connectivity index (χ3v) is 6.47. The summed E-state index contributed by atoms with van der Waals surface area (Å²) in [6, 6.07) is 5.41. The summed E-state index contributed by atoms with van der Waals surface area (Å²) >= 11 is 0. The average Bonchev–Trinajstić information content (AvgIpc) is 2.68. The van der Waals surface area contributed by atoms with Crippen LogP contribution in [0.25, 0.3) is 0 Å². The summed E-state index contributed by atoms with van der Waals surface area (Å²) in [6.07, 6.45) is 7.98. The molecule has 0 amide bonds. The van der Waals surface area contributed by atoms with Crippen LogP contribution in [0.3, 0.4) is 0 Å². The van der Waals surface area contributed by atoms with Crippen LogP contribution in [0.4, 0.5) is 0 Å². The summed E-state index contributed by atoms with van der Waals surface area (Å²) in [5, 5.41) is 0. The van der Waals surface area contributed by atoms with E-state index in [1.807, 2.05) is 0 Å². The van der Waals surface area contributed by atoms with E-state index in [9.17, 15) is 13.2 Å². The molecule has 0 radical (unpaired) electrons. The zero-order valence-electron chi connectivity index (χ0n) is 16.3. The fourth-order valence-corrected chi connectivity index (χ4v) is 4.59. The van der Waals surface area contributed by atoms with E-state index in [0.717, 1.165) is 38.5 Å². The predicted molar refractivity (Wildman–Crippen MR) is 104 cm³/mol. The number of nitrogens with one attached hydrogen (secondary N) is 1. The molecule has 1 aromatic carbocycles. The van der Waals surface area contributed by atoms with Crippen molar-refractivity contribution in [1.82, 2.24) is 4.72 Å². The van der Waals surface area contributed by atoms with E-state index >= 15 is 0 Å². The standard InChI is InChI=1S/C20H31NO5S/c1-3-4-14-26-17-10-12-18(13-11-17)27(23,24)21-19(20(22)25-2)15-16-8-6-5-7-9-16/h10-13,16,19,21H,3-9,14-15H2,1-2H3. The molecule has 27 heavy (non-hydrogen) atoms. The monoisotopic (exact) mass is 397 g/mol. The number of unbranched alkanes of at least 4 members (excludes halogenated alkanes) is 1. The SMILES string of the molecule is CCCCOc1ccc(S(=O)(=O)NC(CC2CCCCC2)C(=O)OC)cc1. The summed E-state index contributed by atoms with van der Waals surface area (Å²) in [6.45, 7) is 2.68. The van der Waals surface area contributed by atoms with Crippen molar-refractivity contribution < 1.29 is 22.7 Å². The summed E-state index contributed by atoms with van der Waals surface area (Å²) in [7, 11) is -2.53. The molecule has 1 N–H and O–H groups in total. The molecular weight excluding hydrogens is 366 g/mol. The van der Waals surface area contributed by atoms with Crippen molar-refractivity contribution >= 4 is 16.0 Å². The van der Waals surface area contributed by atoms with Crippen molar-refractivity contribution in [2.75, 3.05) is 13.7 Å². The Labute approximate surface area is 162 Å². The second-order valence-corrected chi connectivity index (χ2v) is 8.82. The largest absolute Gasteiger partial charge is 0.494 e. The molecule has 6 nitrogen and oxygen atoms in total. The van der Waals surface area contributed by atoms with Crippen molar-refractivity contribution in [1.29, 1.82) is 0 Å².